The van der Waals surface area contributed by atoms with Gasteiger partial charge in [0.05, 0.1) is 11.5 Å². The average Bonchev–Trinajstić information content (AvgIpc) is 3.20. The number of nitro groups is 1. The van der Waals surface area contributed by atoms with E-state index in [1.54, 1.807) is 28.8 Å². The van der Waals surface area contributed by atoms with E-state index in [1.165, 1.54) is 36.0 Å². The number of unbranched alkanes of at least 4 members (excludes halogenated alkanes) is 1. The summed E-state index contributed by atoms with van der Waals surface area (Å²) in [6, 6.07) is 11.9. The number of rotatable bonds is 10. The molecule has 3 aromatic rings. The Morgan fingerprint density at radius 3 is 2.50 bits per heavy atom. The van der Waals surface area contributed by atoms with Crippen LogP contribution in [-0.2, 0) is 12.3 Å². The molecule has 1 heterocycles. The molecule has 32 heavy (non-hydrogen) atoms. The summed E-state index contributed by atoms with van der Waals surface area (Å²) in [5.74, 6) is 0.695. The molecule has 0 saturated carbocycles. The molecule has 0 fully saturated rings. The van der Waals surface area contributed by atoms with Gasteiger partial charge in [-0.15, -0.1) is 10.2 Å². The highest BCUT2D eigenvalue weighted by atomic mass is 32.2. The van der Waals surface area contributed by atoms with Gasteiger partial charge in [-0.25, -0.2) is 9.18 Å². The molecule has 0 aliphatic rings. The topological polar surface area (TPSA) is 115 Å². The first kappa shape index (κ1) is 23.2. The first-order chi connectivity index (χ1) is 15.5. The van der Waals surface area contributed by atoms with Gasteiger partial charge in [0, 0.05) is 30.1 Å². The molecule has 0 bridgehead atoms. The lowest BCUT2D eigenvalue weighted by molar-refractivity contribution is -0.384. The lowest BCUT2D eigenvalue weighted by atomic mass is 10.2. The molecule has 0 spiro atoms. The van der Waals surface area contributed by atoms with Crippen molar-refractivity contribution in [1.29, 1.82) is 0 Å². The lowest BCUT2D eigenvalue weighted by Crippen LogP contribution is -2.36. The van der Waals surface area contributed by atoms with Gasteiger partial charge < -0.3 is 10.6 Å². The number of hydrogen-bond acceptors (Lipinski definition) is 6. The Balaban J connectivity index is 1.80. The average molecular weight is 459 g/mol. The van der Waals surface area contributed by atoms with Gasteiger partial charge in [-0.2, -0.15) is 0 Å². The van der Waals surface area contributed by atoms with E-state index >= 15 is 0 Å². The molecule has 2 aromatic carbocycles. The van der Waals surface area contributed by atoms with Crippen LogP contribution in [0.15, 0.2) is 53.7 Å². The smallest absolute Gasteiger partial charge is 0.315 e. The predicted octanol–water partition coefficient (Wildman–Crippen LogP) is 4.21. The minimum Gasteiger partial charge on any atom is -0.338 e. The largest absolute Gasteiger partial charge is 0.338 e. The van der Waals surface area contributed by atoms with Crippen LogP contribution in [0.1, 0.15) is 31.2 Å². The number of benzene rings is 2. The molecule has 168 valence electrons. The highest BCUT2D eigenvalue weighted by Gasteiger charge is 2.16. The molecule has 2 amide bonds. The van der Waals surface area contributed by atoms with Gasteiger partial charge in [-0.3, -0.25) is 14.7 Å². The molecule has 11 heteroatoms. The monoisotopic (exact) mass is 458 g/mol. The van der Waals surface area contributed by atoms with Crippen molar-refractivity contribution >= 4 is 23.5 Å². The standard InChI is InChI=1S/C21H23FN6O3S/c1-2-3-12-23-20(29)24-13-19-25-26-21(32-14-15-4-6-16(22)7-5-15)27(19)17-8-10-18(11-9-17)28(30)31/h4-11H,2-3,12-14H2,1H3,(H2,23,24,29). The molecular formula is C21H23FN6O3S. The zero-order chi connectivity index (χ0) is 22.9. The molecule has 3 rings (SSSR count). The minimum atomic E-state index is -0.469. The van der Waals surface area contributed by atoms with Crippen molar-refractivity contribution in [2.45, 2.75) is 37.2 Å². The second-order valence-corrected chi connectivity index (χ2v) is 7.83. The number of aromatic nitrogens is 3. The van der Waals surface area contributed by atoms with Gasteiger partial charge in [-0.1, -0.05) is 37.2 Å². The van der Waals surface area contributed by atoms with Crippen LogP contribution in [-0.4, -0.2) is 32.3 Å². The van der Waals surface area contributed by atoms with Gasteiger partial charge >= 0.3 is 6.03 Å². The van der Waals surface area contributed by atoms with Crippen LogP contribution in [0.25, 0.3) is 5.69 Å². The Hall–Kier alpha value is -3.47. The maximum absolute atomic E-state index is 13.2. The second-order valence-electron chi connectivity index (χ2n) is 6.89. The van der Waals surface area contributed by atoms with Crippen molar-refractivity contribution in [2.24, 2.45) is 0 Å². The summed E-state index contributed by atoms with van der Waals surface area (Å²) in [5.41, 5.74) is 1.51. The van der Waals surface area contributed by atoms with Crippen LogP contribution < -0.4 is 10.6 Å². The highest BCUT2D eigenvalue weighted by Crippen LogP contribution is 2.26. The summed E-state index contributed by atoms with van der Waals surface area (Å²) in [6.45, 7) is 2.74. The van der Waals surface area contributed by atoms with Gasteiger partial charge in [0.25, 0.3) is 5.69 Å². The highest BCUT2D eigenvalue weighted by molar-refractivity contribution is 7.98. The molecule has 1 aromatic heterocycles. The van der Waals surface area contributed by atoms with Crippen LogP contribution in [0.3, 0.4) is 0 Å². The first-order valence-electron chi connectivity index (χ1n) is 10.1. The number of carbonyl (C=O) groups is 1. The summed E-state index contributed by atoms with van der Waals surface area (Å²) in [5, 5.41) is 25.5. The molecule has 0 aliphatic heterocycles. The SMILES string of the molecule is CCCCNC(=O)NCc1nnc(SCc2ccc(F)cc2)n1-c1ccc([N+](=O)[O-])cc1. The summed E-state index contributed by atoms with van der Waals surface area (Å²) in [6.07, 6.45) is 1.86. The number of non-ortho nitro benzene ring substituents is 1. The van der Waals surface area contributed by atoms with Gasteiger partial charge in [-0.05, 0) is 36.2 Å². The number of nitro benzene ring substituents is 1. The fourth-order valence-electron chi connectivity index (χ4n) is 2.82. The lowest BCUT2D eigenvalue weighted by Gasteiger charge is -2.11. The fraction of sp³-hybridized carbons (Fsp3) is 0.286. The number of amides is 2. The number of nitrogens with zero attached hydrogens (tertiary/aromatic N) is 4. The fourth-order valence-corrected chi connectivity index (χ4v) is 3.75. The predicted molar refractivity (Wildman–Crippen MR) is 119 cm³/mol. The third kappa shape index (κ3) is 6.27. The third-order valence-electron chi connectivity index (χ3n) is 4.52. The van der Waals surface area contributed by atoms with Crippen molar-refractivity contribution in [3.05, 3.63) is 75.9 Å². The second kappa shape index (κ2) is 11.2. The number of hydrogen-bond donors (Lipinski definition) is 2. The van der Waals surface area contributed by atoms with E-state index in [-0.39, 0.29) is 24.1 Å². The molecule has 9 nitrogen and oxygen atoms in total. The number of halogens is 1. The summed E-state index contributed by atoms with van der Waals surface area (Å²) < 4.78 is 14.9. The van der Waals surface area contributed by atoms with E-state index in [1.807, 2.05) is 6.92 Å². The summed E-state index contributed by atoms with van der Waals surface area (Å²) >= 11 is 1.39. The maximum Gasteiger partial charge on any atom is 0.315 e. The Bertz CT molecular complexity index is 1060. The Labute approximate surface area is 188 Å². The van der Waals surface area contributed by atoms with Crippen LogP contribution in [0.2, 0.25) is 0 Å². The summed E-state index contributed by atoms with van der Waals surface area (Å²) in [4.78, 5) is 22.5. The Kier molecular flexibility index (Phi) is 8.14. The number of thioether (sulfide) groups is 1. The quantitative estimate of drug-likeness (QED) is 0.204. The Morgan fingerprint density at radius 1 is 1.12 bits per heavy atom. The van der Waals surface area contributed by atoms with Crippen LogP contribution in [0.5, 0.6) is 0 Å². The van der Waals surface area contributed by atoms with E-state index in [0.29, 0.717) is 29.0 Å². The molecular weight excluding hydrogens is 435 g/mol. The molecule has 0 saturated heterocycles. The number of urea groups is 1. The van der Waals surface area contributed by atoms with E-state index in [4.69, 9.17) is 0 Å². The van der Waals surface area contributed by atoms with Gasteiger partial charge in [0.15, 0.2) is 11.0 Å². The van der Waals surface area contributed by atoms with Crippen molar-refractivity contribution in [3.63, 3.8) is 0 Å². The molecule has 0 radical (unpaired) electrons. The summed E-state index contributed by atoms with van der Waals surface area (Å²) in [7, 11) is 0. The normalized spacial score (nSPS) is 10.7. The Morgan fingerprint density at radius 2 is 1.84 bits per heavy atom. The maximum atomic E-state index is 13.2. The van der Waals surface area contributed by atoms with Crippen molar-refractivity contribution < 1.29 is 14.1 Å². The molecule has 0 unspecified atom stereocenters. The minimum absolute atomic E-state index is 0.0303. The zero-order valence-corrected chi connectivity index (χ0v) is 18.3. The van der Waals surface area contributed by atoms with E-state index in [9.17, 15) is 19.3 Å². The zero-order valence-electron chi connectivity index (χ0n) is 17.5. The van der Waals surface area contributed by atoms with Crippen molar-refractivity contribution in [3.8, 4) is 5.69 Å². The molecule has 2 N–H and O–H groups in total. The van der Waals surface area contributed by atoms with Crippen LogP contribution >= 0.6 is 11.8 Å². The number of nitrogens with one attached hydrogen (secondary N) is 2. The number of carbonyl (C=O) groups excluding carboxylic acids is 1. The van der Waals surface area contributed by atoms with Gasteiger partial charge in [0.1, 0.15) is 5.82 Å². The van der Waals surface area contributed by atoms with Crippen molar-refractivity contribution in [2.75, 3.05) is 6.54 Å². The van der Waals surface area contributed by atoms with E-state index in [2.05, 4.69) is 20.8 Å². The van der Waals surface area contributed by atoms with E-state index < -0.39 is 4.92 Å². The van der Waals surface area contributed by atoms with Crippen LogP contribution in [0.4, 0.5) is 14.9 Å². The third-order valence-corrected chi connectivity index (χ3v) is 5.52. The van der Waals surface area contributed by atoms with E-state index in [0.717, 1.165) is 18.4 Å². The first-order valence-corrected chi connectivity index (χ1v) is 11.0. The molecule has 0 aliphatic carbocycles. The van der Waals surface area contributed by atoms with Gasteiger partial charge in [0.2, 0.25) is 0 Å². The van der Waals surface area contributed by atoms with Crippen LogP contribution in [0, 0.1) is 15.9 Å². The van der Waals surface area contributed by atoms with Crippen molar-refractivity contribution in [1.82, 2.24) is 25.4 Å². The molecule has 0 atom stereocenters.